The van der Waals surface area contributed by atoms with Crippen LogP contribution >= 0.6 is 11.8 Å². The van der Waals surface area contributed by atoms with Gasteiger partial charge in [-0.15, -0.1) is 0 Å². The highest BCUT2D eigenvalue weighted by Gasteiger charge is 2.29. The Labute approximate surface area is 239 Å². The number of hydrogen-bond donors (Lipinski definition) is 3. The molecule has 41 heavy (non-hydrogen) atoms. The number of aliphatic carboxylic acids is 1. The van der Waals surface area contributed by atoms with Gasteiger partial charge in [-0.25, -0.2) is 4.79 Å². The number of carboxylic acid groups (broad SMARTS) is 1. The maximum atomic E-state index is 13.5. The lowest BCUT2D eigenvalue weighted by Gasteiger charge is -2.25. The van der Waals surface area contributed by atoms with Crippen molar-refractivity contribution >= 4 is 41.0 Å². The predicted molar refractivity (Wildman–Crippen MR) is 149 cm³/mol. The van der Waals surface area contributed by atoms with Gasteiger partial charge >= 0.3 is 17.5 Å². The number of carbonyl (C=O) groups excluding carboxylic acids is 2. The molecule has 0 atom stereocenters. The average molecular weight is 590 g/mol. The van der Waals surface area contributed by atoms with Crippen molar-refractivity contribution in [3.05, 3.63) is 77.7 Å². The molecule has 1 aliphatic carbocycles. The zero-order valence-corrected chi connectivity index (χ0v) is 22.9. The summed E-state index contributed by atoms with van der Waals surface area (Å²) in [6.07, 6.45) is 5.56. The largest absolute Gasteiger partial charge is 0.481 e. The number of thioether (sulfide) groups is 1. The smallest absolute Gasteiger partial charge is 0.446 e. The van der Waals surface area contributed by atoms with Gasteiger partial charge in [0.05, 0.1) is 13.0 Å². The van der Waals surface area contributed by atoms with E-state index in [1.54, 1.807) is 0 Å². The lowest BCUT2D eigenvalue weighted by molar-refractivity contribution is -0.136. The van der Waals surface area contributed by atoms with Gasteiger partial charge in [0.25, 0.3) is 5.91 Å². The second-order valence-electron chi connectivity index (χ2n) is 9.68. The van der Waals surface area contributed by atoms with Crippen LogP contribution in [0.15, 0.2) is 70.0 Å². The molecular weight excluding hydrogens is 559 g/mol. The number of furan rings is 1. The van der Waals surface area contributed by atoms with Crippen molar-refractivity contribution in [3.8, 4) is 0 Å². The van der Waals surface area contributed by atoms with E-state index < -0.39 is 23.4 Å². The molecule has 8 nitrogen and oxygen atoms in total. The third-order valence-corrected chi connectivity index (χ3v) is 7.39. The highest BCUT2D eigenvalue weighted by atomic mass is 32.2. The summed E-state index contributed by atoms with van der Waals surface area (Å²) >= 11 is -0.273. The minimum Gasteiger partial charge on any atom is -0.481 e. The van der Waals surface area contributed by atoms with Crippen LogP contribution < -0.4 is 15.5 Å². The third kappa shape index (κ3) is 9.04. The van der Waals surface area contributed by atoms with E-state index in [4.69, 9.17) is 9.52 Å². The van der Waals surface area contributed by atoms with Crippen molar-refractivity contribution in [3.63, 3.8) is 0 Å². The van der Waals surface area contributed by atoms with E-state index in [-0.39, 0.29) is 53.4 Å². The number of benzene rings is 2. The van der Waals surface area contributed by atoms with Crippen molar-refractivity contribution in [2.75, 3.05) is 16.8 Å². The first-order valence-corrected chi connectivity index (χ1v) is 14.0. The number of anilines is 2. The summed E-state index contributed by atoms with van der Waals surface area (Å²) < 4.78 is 44.2. The van der Waals surface area contributed by atoms with Crippen LogP contribution in [0.5, 0.6) is 0 Å². The normalized spacial score (nSPS) is 13.9. The molecule has 12 heteroatoms. The standard InChI is InChI=1S/C29H30F3N3O5S/c30-29(31,32)41-24-8-4-7-21(17-24)34-28(39)35(22-11-9-20(10-12-22)19-5-2-1-3-6-19)18-23-13-14-25(40-23)27(38)33-16-15-26(36)37/h4,7-14,17,19H,1-3,5-6,15-16,18H2,(H,33,38)(H,34,39)(H,36,37). The Morgan fingerprint density at radius 1 is 1.00 bits per heavy atom. The summed E-state index contributed by atoms with van der Waals surface area (Å²) in [4.78, 5) is 37.8. The molecule has 1 aromatic heterocycles. The van der Waals surface area contributed by atoms with Crippen molar-refractivity contribution in [1.29, 1.82) is 0 Å². The predicted octanol–water partition coefficient (Wildman–Crippen LogP) is 7.38. The van der Waals surface area contributed by atoms with Crippen molar-refractivity contribution < 1.29 is 37.1 Å². The molecule has 1 saturated carbocycles. The SMILES string of the molecule is O=C(O)CCNC(=O)c1ccc(CN(C(=O)Nc2cccc(SC(F)(F)F)c2)c2ccc(C3CCCCC3)cc2)o1. The second-order valence-corrected chi connectivity index (χ2v) is 10.8. The van der Waals surface area contributed by atoms with E-state index in [1.165, 1.54) is 66.1 Å². The zero-order valence-electron chi connectivity index (χ0n) is 22.1. The monoisotopic (exact) mass is 589 g/mol. The number of hydrogen-bond acceptors (Lipinski definition) is 5. The first kappa shape index (κ1) is 30.0. The Morgan fingerprint density at radius 3 is 2.41 bits per heavy atom. The van der Waals surface area contributed by atoms with Gasteiger partial charge in [-0.1, -0.05) is 37.5 Å². The Balaban J connectivity index is 1.53. The van der Waals surface area contributed by atoms with Gasteiger partial charge in [-0.2, -0.15) is 13.2 Å². The fourth-order valence-corrected chi connectivity index (χ4v) is 5.32. The quantitative estimate of drug-likeness (QED) is 0.213. The molecule has 2 aromatic carbocycles. The summed E-state index contributed by atoms with van der Waals surface area (Å²) in [5.41, 5.74) is -2.56. The number of carbonyl (C=O) groups is 3. The molecule has 0 spiro atoms. The maximum Gasteiger partial charge on any atom is 0.446 e. The number of halogens is 3. The molecule has 218 valence electrons. The molecule has 1 heterocycles. The Hall–Kier alpha value is -3.93. The first-order chi connectivity index (χ1) is 19.6. The van der Waals surface area contributed by atoms with Crippen LogP contribution in [-0.4, -0.2) is 35.1 Å². The summed E-state index contributed by atoms with van der Waals surface area (Å²) in [5.74, 6) is -0.953. The van der Waals surface area contributed by atoms with Crippen LogP contribution in [0.3, 0.4) is 0 Å². The summed E-state index contributed by atoms with van der Waals surface area (Å²) in [6.45, 7) is -0.147. The number of alkyl halides is 3. The van der Waals surface area contributed by atoms with E-state index in [0.717, 1.165) is 12.8 Å². The topological polar surface area (TPSA) is 112 Å². The van der Waals surface area contributed by atoms with E-state index in [1.807, 2.05) is 24.3 Å². The maximum absolute atomic E-state index is 13.5. The molecular formula is C29H30F3N3O5S. The van der Waals surface area contributed by atoms with Crippen LogP contribution in [0.2, 0.25) is 0 Å². The molecule has 1 fully saturated rings. The molecule has 1 aliphatic rings. The minimum absolute atomic E-state index is 0.0460. The van der Waals surface area contributed by atoms with E-state index in [0.29, 0.717) is 11.6 Å². The number of urea groups is 1. The number of rotatable bonds is 10. The lowest BCUT2D eigenvalue weighted by atomic mass is 9.84. The van der Waals surface area contributed by atoms with Crippen LogP contribution in [0.25, 0.3) is 0 Å². The fourth-order valence-electron chi connectivity index (χ4n) is 4.72. The average Bonchev–Trinajstić information content (AvgIpc) is 3.40. The fraction of sp³-hybridized carbons (Fsp3) is 0.345. The molecule has 0 saturated heterocycles. The molecule has 0 radical (unpaired) electrons. The van der Waals surface area contributed by atoms with Gasteiger partial charge in [0.15, 0.2) is 5.76 Å². The molecule has 4 rings (SSSR count). The molecule has 3 amide bonds. The van der Waals surface area contributed by atoms with Crippen molar-refractivity contribution in [2.45, 2.75) is 61.4 Å². The zero-order chi connectivity index (χ0) is 29.4. The van der Waals surface area contributed by atoms with Crippen molar-refractivity contribution in [2.24, 2.45) is 0 Å². The molecule has 0 unspecified atom stereocenters. The highest BCUT2D eigenvalue weighted by molar-refractivity contribution is 8.00. The van der Waals surface area contributed by atoms with Crippen LogP contribution in [-0.2, 0) is 11.3 Å². The van der Waals surface area contributed by atoms with Gasteiger partial charge in [0.1, 0.15) is 5.76 Å². The Morgan fingerprint density at radius 2 is 1.73 bits per heavy atom. The number of nitrogens with zero attached hydrogens (tertiary/aromatic N) is 1. The number of nitrogens with one attached hydrogen (secondary N) is 2. The molecule has 0 bridgehead atoms. The molecule has 0 aliphatic heterocycles. The van der Waals surface area contributed by atoms with E-state index >= 15 is 0 Å². The second kappa shape index (κ2) is 13.6. The highest BCUT2D eigenvalue weighted by Crippen LogP contribution is 2.38. The number of amides is 3. The molecule has 3 N–H and O–H groups in total. The van der Waals surface area contributed by atoms with Gasteiger partial charge in [-0.05, 0) is 78.5 Å². The van der Waals surface area contributed by atoms with Crippen LogP contribution in [0.1, 0.15) is 66.3 Å². The third-order valence-electron chi connectivity index (χ3n) is 6.67. The van der Waals surface area contributed by atoms with Gasteiger partial charge in [0, 0.05) is 22.8 Å². The van der Waals surface area contributed by atoms with Gasteiger partial charge in [-0.3, -0.25) is 14.5 Å². The number of carboxylic acids is 1. The van der Waals surface area contributed by atoms with Gasteiger partial charge in [0.2, 0.25) is 0 Å². The van der Waals surface area contributed by atoms with E-state index in [2.05, 4.69) is 10.6 Å². The minimum atomic E-state index is -4.47. The van der Waals surface area contributed by atoms with E-state index in [9.17, 15) is 27.6 Å². The van der Waals surface area contributed by atoms with Crippen LogP contribution in [0.4, 0.5) is 29.3 Å². The first-order valence-electron chi connectivity index (χ1n) is 13.2. The van der Waals surface area contributed by atoms with Gasteiger partial charge < -0.3 is 20.2 Å². The van der Waals surface area contributed by atoms with Crippen molar-refractivity contribution in [1.82, 2.24) is 5.32 Å². The molecule has 3 aromatic rings. The summed E-state index contributed by atoms with van der Waals surface area (Å²) in [6, 6.07) is 15.4. The Kier molecular flexibility index (Phi) is 9.98. The Bertz CT molecular complexity index is 1350. The summed E-state index contributed by atoms with van der Waals surface area (Å²) in [7, 11) is 0. The van der Waals surface area contributed by atoms with Crippen LogP contribution in [0, 0.1) is 0 Å². The lowest BCUT2D eigenvalue weighted by Crippen LogP contribution is -2.34. The summed E-state index contributed by atoms with van der Waals surface area (Å²) in [5, 5.41) is 13.9.